The third-order valence-electron chi connectivity index (χ3n) is 5.86. The van der Waals surface area contributed by atoms with E-state index in [1.54, 1.807) is 24.3 Å². The molecule has 0 radical (unpaired) electrons. The summed E-state index contributed by atoms with van der Waals surface area (Å²) < 4.78 is 46.7. The first-order valence-electron chi connectivity index (χ1n) is 11.6. The van der Waals surface area contributed by atoms with Gasteiger partial charge in [-0.2, -0.15) is 13.2 Å². The summed E-state index contributed by atoms with van der Waals surface area (Å²) >= 11 is 16.5. The van der Waals surface area contributed by atoms with E-state index in [9.17, 15) is 22.8 Å². The summed E-state index contributed by atoms with van der Waals surface area (Å²) in [5.41, 5.74) is 1.45. The van der Waals surface area contributed by atoms with E-state index in [4.69, 9.17) is 27.9 Å². The van der Waals surface area contributed by atoms with Crippen molar-refractivity contribution < 1.29 is 27.5 Å². The van der Waals surface area contributed by atoms with Gasteiger partial charge in [0.05, 0.1) is 28.5 Å². The zero-order chi connectivity index (χ0) is 29.2. The molecule has 4 aromatic rings. The lowest BCUT2D eigenvalue weighted by Gasteiger charge is -2.21. The first-order chi connectivity index (χ1) is 18.9. The molecule has 2 aromatic heterocycles. The quantitative estimate of drug-likeness (QED) is 0.222. The highest BCUT2D eigenvalue weighted by atomic mass is 79.9. The van der Waals surface area contributed by atoms with Gasteiger partial charge in [-0.1, -0.05) is 23.2 Å². The molecule has 8 nitrogen and oxygen atoms in total. The number of fused-ring (bicyclic) bond motifs is 1. The van der Waals surface area contributed by atoms with Gasteiger partial charge in [0.15, 0.2) is 11.4 Å². The average molecular weight is 659 g/mol. The highest BCUT2D eigenvalue weighted by Crippen LogP contribution is 2.35. The Morgan fingerprint density at radius 1 is 1.12 bits per heavy atom. The van der Waals surface area contributed by atoms with Gasteiger partial charge in [0.25, 0.3) is 0 Å². The number of likely N-dealkylation sites (N-methyl/N-ethyl adjacent to an activating group) is 1. The molecule has 2 aromatic carbocycles. The summed E-state index contributed by atoms with van der Waals surface area (Å²) in [4.78, 5) is 30.7. The van der Waals surface area contributed by atoms with Crippen LogP contribution < -0.4 is 20.3 Å². The number of ether oxygens (including phenoxy) is 1. The topological polar surface area (TPSA) is 88.0 Å². The first-order valence-corrected chi connectivity index (χ1v) is 13.1. The van der Waals surface area contributed by atoms with Gasteiger partial charge in [-0.25, -0.2) is 9.78 Å². The lowest BCUT2D eigenvalue weighted by molar-refractivity contribution is -0.137. The Morgan fingerprint density at radius 2 is 1.82 bits per heavy atom. The van der Waals surface area contributed by atoms with E-state index < -0.39 is 30.2 Å². The SMILES string of the molecule is Cc1nc2c(OCc3c(Cl)ccc(N(C)C(=O)CNC(=O)Nc4ccc(C(F)(F)F)cc4)c3Cl)cccn2c1Br. The van der Waals surface area contributed by atoms with Crippen LogP contribution >= 0.6 is 39.1 Å². The summed E-state index contributed by atoms with van der Waals surface area (Å²) in [6.45, 7) is 1.44. The van der Waals surface area contributed by atoms with Crippen molar-refractivity contribution >= 4 is 68.1 Å². The molecule has 14 heteroatoms. The van der Waals surface area contributed by atoms with Crippen molar-refractivity contribution in [1.82, 2.24) is 14.7 Å². The van der Waals surface area contributed by atoms with Crippen LogP contribution in [-0.4, -0.2) is 34.9 Å². The van der Waals surface area contributed by atoms with E-state index in [2.05, 4.69) is 31.5 Å². The van der Waals surface area contributed by atoms with Crippen LogP contribution in [0.1, 0.15) is 16.8 Å². The van der Waals surface area contributed by atoms with E-state index in [1.165, 1.54) is 11.9 Å². The van der Waals surface area contributed by atoms with Gasteiger partial charge in [0, 0.05) is 29.5 Å². The number of nitrogens with one attached hydrogen (secondary N) is 2. The fourth-order valence-corrected chi connectivity index (χ4v) is 4.67. The Morgan fingerprint density at radius 3 is 2.50 bits per heavy atom. The van der Waals surface area contributed by atoms with Gasteiger partial charge in [-0.3, -0.25) is 9.20 Å². The number of hydrogen-bond donors (Lipinski definition) is 2. The van der Waals surface area contributed by atoms with E-state index >= 15 is 0 Å². The van der Waals surface area contributed by atoms with Crippen LogP contribution in [0.5, 0.6) is 5.75 Å². The van der Waals surface area contributed by atoms with Crippen molar-refractivity contribution in [1.29, 1.82) is 0 Å². The maximum atomic E-state index is 12.8. The lowest BCUT2D eigenvalue weighted by Crippen LogP contribution is -2.40. The molecule has 0 bridgehead atoms. The Balaban J connectivity index is 1.40. The minimum absolute atomic E-state index is 0.00940. The fourth-order valence-electron chi connectivity index (χ4n) is 3.69. The van der Waals surface area contributed by atoms with Crippen LogP contribution in [0.3, 0.4) is 0 Å². The molecule has 0 aliphatic heterocycles. The van der Waals surface area contributed by atoms with Crippen molar-refractivity contribution in [3.8, 4) is 5.75 Å². The van der Waals surface area contributed by atoms with Gasteiger partial charge >= 0.3 is 12.2 Å². The molecular formula is C26H21BrCl2F3N5O3. The maximum absolute atomic E-state index is 12.8. The number of alkyl halides is 3. The monoisotopic (exact) mass is 657 g/mol. The van der Waals surface area contributed by atoms with E-state index in [-0.39, 0.29) is 17.3 Å². The van der Waals surface area contributed by atoms with Crippen LogP contribution in [0, 0.1) is 6.92 Å². The number of urea groups is 1. The number of pyridine rings is 1. The summed E-state index contributed by atoms with van der Waals surface area (Å²) in [5.74, 6) is -0.0114. The second-order valence-electron chi connectivity index (χ2n) is 8.54. The lowest BCUT2D eigenvalue weighted by atomic mass is 10.2. The highest BCUT2D eigenvalue weighted by Gasteiger charge is 2.30. The number of aromatic nitrogens is 2. The predicted octanol–water partition coefficient (Wildman–Crippen LogP) is 7.09. The molecule has 40 heavy (non-hydrogen) atoms. The minimum atomic E-state index is -4.49. The average Bonchev–Trinajstić information content (AvgIpc) is 3.20. The van der Waals surface area contributed by atoms with Crippen LogP contribution in [0.2, 0.25) is 10.0 Å². The Labute approximate surface area is 245 Å². The summed E-state index contributed by atoms with van der Waals surface area (Å²) in [6, 6.07) is 9.84. The van der Waals surface area contributed by atoms with Crippen molar-refractivity contribution in [2.45, 2.75) is 19.7 Å². The molecule has 0 aliphatic rings. The highest BCUT2D eigenvalue weighted by molar-refractivity contribution is 9.10. The number of hydrogen-bond acceptors (Lipinski definition) is 4. The third kappa shape index (κ3) is 6.45. The molecule has 2 N–H and O–H groups in total. The number of carbonyl (C=O) groups excluding carboxylic acids is 2. The van der Waals surface area contributed by atoms with E-state index in [0.717, 1.165) is 34.6 Å². The molecule has 0 unspecified atom stereocenters. The van der Waals surface area contributed by atoms with Crippen LogP contribution in [0.4, 0.5) is 29.3 Å². The number of amides is 3. The zero-order valence-electron chi connectivity index (χ0n) is 20.9. The van der Waals surface area contributed by atoms with Crippen LogP contribution in [0.15, 0.2) is 59.3 Å². The van der Waals surface area contributed by atoms with Crippen LogP contribution in [0.25, 0.3) is 5.65 Å². The van der Waals surface area contributed by atoms with Crippen molar-refractivity contribution in [3.63, 3.8) is 0 Å². The molecule has 0 atom stereocenters. The summed E-state index contributed by atoms with van der Waals surface area (Å²) in [6.07, 6.45) is -2.65. The number of benzene rings is 2. The smallest absolute Gasteiger partial charge is 0.416 e. The zero-order valence-corrected chi connectivity index (χ0v) is 24.0. The van der Waals surface area contributed by atoms with Crippen LogP contribution in [-0.2, 0) is 17.6 Å². The fraction of sp³-hybridized carbons (Fsp3) is 0.192. The van der Waals surface area contributed by atoms with E-state index in [1.807, 2.05) is 17.5 Å². The number of anilines is 2. The molecular weight excluding hydrogens is 638 g/mol. The van der Waals surface area contributed by atoms with Gasteiger partial charge < -0.3 is 20.3 Å². The summed E-state index contributed by atoms with van der Waals surface area (Å²) in [7, 11) is 1.48. The molecule has 0 saturated carbocycles. The molecule has 0 aliphatic carbocycles. The number of nitrogens with zero attached hydrogens (tertiary/aromatic N) is 3. The number of imidazole rings is 1. The number of halogens is 6. The van der Waals surface area contributed by atoms with Gasteiger partial charge in [0.2, 0.25) is 5.91 Å². The molecule has 0 spiro atoms. The molecule has 0 fully saturated rings. The third-order valence-corrected chi connectivity index (χ3v) is 7.59. The molecule has 210 valence electrons. The molecule has 3 amide bonds. The number of aryl methyl sites for hydroxylation is 1. The number of carbonyl (C=O) groups is 2. The van der Waals surface area contributed by atoms with Crippen molar-refractivity contribution in [3.05, 3.63) is 86.2 Å². The van der Waals surface area contributed by atoms with Gasteiger partial charge in [-0.05, 0) is 71.4 Å². The van der Waals surface area contributed by atoms with Crippen molar-refractivity contribution in [2.24, 2.45) is 0 Å². The largest absolute Gasteiger partial charge is 0.485 e. The first kappa shape index (κ1) is 29.5. The Kier molecular flexibility index (Phi) is 8.81. The van der Waals surface area contributed by atoms with Gasteiger partial charge in [-0.15, -0.1) is 0 Å². The molecule has 0 saturated heterocycles. The Hall–Kier alpha value is -3.48. The van der Waals surface area contributed by atoms with E-state index in [0.29, 0.717) is 27.7 Å². The predicted molar refractivity (Wildman–Crippen MR) is 150 cm³/mol. The second-order valence-corrected chi connectivity index (χ2v) is 10.1. The van der Waals surface area contributed by atoms with Crippen molar-refractivity contribution in [2.75, 3.05) is 23.8 Å². The number of rotatable bonds is 7. The summed E-state index contributed by atoms with van der Waals surface area (Å²) in [5, 5.41) is 5.26. The molecule has 2 heterocycles. The maximum Gasteiger partial charge on any atom is 0.416 e. The minimum Gasteiger partial charge on any atom is -0.485 e. The Bertz CT molecular complexity index is 1580. The standard InChI is InChI=1S/C26H21BrCl2F3N5O3/c1-14-23(27)37-11-3-4-20(24(37)34-14)40-13-17-18(28)9-10-19(22(17)29)36(2)21(38)12-33-25(39)35-16-7-5-15(6-8-16)26(30,31)32/h3-11H,12-13H2,1-2H3,(H2,33,35,39). The van der Waals surface area contributed by atoms with Gasteiger partial charge in [0.1, 0.15) is 11.2 Å². The molecule has 4 rings (SSSR count). The second kappa shape index (κ2) is 11.9. The normalized spacial score (nSPS) is 11.4.